The van der Waals surface area contributed by atoms with Gasteiger partial charge in [-0.2, -0.15) is 0 Å². The molecule has 0 amide bonds. The molecule has 4 rings (SSSR count). The van der Waals surface area contributed by atoms with Crippen LogP contribution >= 0.6 is 22.7 Å². The molecular weight excluding hydrogens is 332 g/mol. The first kappa shape index (κ1) is 15.1. The van der Waals surface area contributed by atoms with Crippen LogP contribution < -0.4 is 0 Å². The monoisotopic (exact) mass is 346 g/mol. The summed E-state index contributed by atoms with van der Waals surface area (Å²) in [6.07, 6.45) is 0. The van der Waals surface area contributed by atoms with E-state index in [1.54, 1.807) is 11.3 Å². The number of carbonyl (C=O) groups excluding carboxylic acids is 1. The maximum absolute atomic E-state index is 13.0. The third kappa shape index (κ3) is 2.84. The number of hydrogen-bond donors (Lipinski definition) is 0. The lowest BCUT2D eigenvalue weighted by molar-refractivity contribution is 0.104. The highest BCUT2D eigenvalue weighted by molar-refractivity contribution is 7.13. The fourth-order valence-corrected chi connectivity index (χ4v) is 4.14. The minimum atomic E-state index is 0.0854. The maximum atomic E-state index is 13.0. The van der Waals surface area contributed by atoms with Gasteiger partial charge in [-0.3, -0.25) is 4.79 Å². The summed E-state index contributed by atoms with van der Waals surface area (Å²) in [5, 5.41) is 4.00. The van der Waals surface area contributed by atoms with Crippen LogP contribution in [0.3, 0.4) is 0 Å². The van der Waals surface area contributed by atoms with Gasteiger partial charge in [-0.1, -0.05) is 54.6 Å². The first-order valence-electron chi connectivity index (χ1n) is 7.64. The largest absolute Gasteiger partial charge is 0.288 e. The molecule has 0 aliphatic carbocycles. The molecule has 24 heavy (non-hydrogen) atoms. The van der Waals surface area contributed by atoms with Crippen molar-refractivity contribution >= 4 is 28.5 Å². The van der Waals surface area contributed by atoms with E-state index in [1.807, 2.05) is 60.0 Å². The summed E-state index contributed by atoms with van der Waals surface area (Å²) in [5.74, 6) is 0.0854. The Morgan fingerprint density at radius 3 is 2.21 bits per heavy atom. The van der Waals surface area contributed by atoms with Crippen LogP contribution in [-0.4, -0.2) is 5.78 Å². The predicted molar refractivity (Wildman–Crippen MR) is 103 cm³/mol. The normalized spacial score (nSPS) is 10.7. The van der Waals surface area contributed by atoms with Crippen LogP contribution in [0.25, 0.3) is 21.6 Å². The fraction of sp³-hybridized carbons (Fsp3) is 0. The van der Waals surface area contributed by atoms with Crippen LogP contribution in [0.4, 0.5) is 0 Å². The molecule has 0 fully saturated rings. The van der Waals surface area contributed by atoms with Crippen LogP contribution in [0.15, 0.2) is 83.6 Å². The highest BCUT2D eigenvalue weighted by atomic mass is 32.1. The van der Waals surface area contributed by atoms with Crippen molar-refractivity contribution in [2.24, 2.45) is 0 Å². The molecule has 0 N–H and O–H groups in total. The van der Waals surface area contributed by atoms with Crippen LogP contribution in [0.2, 0.25) is 0 Å². The molecule has 0 unspecified atom stereocenters. The molecular formula is C21H14OS2. The van der Waals surface area contributed by atoms with Gasteiger partial charge in [-0.15, -0.1) is 22.7 Å². The summed E-state index contributed by atoms with van der Waals surface area (Å²) >= 11 is 3.17. The number of benzene rings is 2. The zero-order chi connectivity index (χ0) is 16.4. The highest BCUT2D eigenvalue weighted by Crippen LogP contribution is 2.32. The summed E-state index contributed by atoms with van der Waals surface area (Å²) in [6.45, 7) is 0. The zero-order valence-corrected chi connectivity index (χ0v) is 14.4. The molecule has 2 aromatic heterocycles. The topological polar surface area (TPSA) is 17.1 Å². The highest BCUT2D eigenvalue weighted by Gasteiger charge is 2.17. The minimum Gasteiger partial charge on any atom is -0.288 e. The molecule has 2 heterocycles. The van der Waals surface area contributed by atoms with E-state index in [0.717, 1.165) is 27.1 Å². The summed E-state index contributed by atoms with van der Waals surface area (Å²) < 4.78 is 0. The van der Waals surface area contributed by atoms with E-state index < -0.39 is 0 Å². The van der Waals surface area contributed by atoms with Crippen molar-refractivity contribution in [2.45, 2.75) is 0 Å². The Bertz CT molecular complexity index is 953. The van der Waals surface area contributed by atoms with E-state index in [-0.39, 0.29) is 5.78 Å². The van der Waals surface area contributed by atoms with Gasteiger partial charge >= 0.3 is 0 Å². The zero-order valence-electron chi connectivity index (χ0n) is 12.8. The van der Waals surface area contributed by atoms with Gasteiger partial charge in [-0.25, -0.2) is 0 Å². The Hall–Kier alpha value is -2.49. The maximum Gasteiger partial charge on any atom is 0.203 e. The Balaban J connectivity index is 1.89. The van der Waals surface area contributed by atoms with Crippen molar-refractivity contribution in [1.82, 2.24) is 0 Å². The second kappa shape index (κ2) is 6.56. The summed E-state index contributed by atoms with van der Waals surface area (Å²) in [6, 6.07) is 24.2. The Labute approximate surface area is 148 Å². The molecule has 0 atom stereocenters. The van der Waals surface area contributed by atoms with E-state index in [0.29, 0.717) is 0 Å². The van der Waals surface area contributed by atoms with Gasteiger partial charge in [0.05, 0.1) is 4.88 Å². The minimum absolute atomic E-state index is 0.0854. The van der Waals surface area contributed by atoms with Crippen LogP contribution in [-0.2, 0) is 0 Å². The lowest BCUT2D eigenvalue weighted by atomic mass is 9.94. The Morgan fingerprint density at radius 2 is 1.50 bits per heavy atom. The average molecular weight is 346 g/mol. The van der Waals surface area contributed by atoms with E-state index >= 15 is 0 Å². The van der Waals surface area contributed by atoms with Gasteiger partial charge in [-0.05, 0) is 45.6 Å². The van der Waals surface area contributed by atoms with Gasteiger partial charge in [0.1, 0.15) is 0 Å². The van der Waals surface area contributed by atoms with Gasteiger partial charge < -0.3 is 0 Å². The standard InChI is InChI=1S/C21H14OS2/c22-21(20-9-5-13-24-20)18-14-16(19-8-4-12-23-19)10-11-17(18)15-6-2-1-3-7-15/h1-14H. The Morgan fingerprint density at radius 1 is 0.708 bits per heavy atom. The second-order valence-electron chi connectivity index (χ2n) is 5.41. The molecule has 0 aliphatic heterocycles. The molecule has 3 heteroatoms. The van der Waals surface area contributed by atoms with Gasteiger partial charge in [0.15, 0.2) is 0 Å². The van der Waals surface area contributed by atoms with E-state index in [9.17, 15) is 4.79 Å². The summed E-state index contributed by atoms with van der Waals surface area (Å²) in [7, 11) is 0. The van der Waals surface area contributed by atoms with Crippen LogP contribution in [0, 0.1) is 0 Å². The molecule has 4 aromatic rings. The number of thiophene rings is 2. The number of rotatable bonds is 4. The molecule has 1 nitrogen and oxygen atoms in total. The van der Waals surface area contributed by atoms with Crippen LogP contribution in [0.1, 0.15) is 15.2 Å². The van der Waals surface area contributed by atoms with E-state index in [2.05, 4.69) is 23.6 Å². The lowest BCUT2D eigenvalue weighted by Crippen LogP contribution is -2.02. The van der Waals surface area contributed by atoms with Crippen molar-refractivity contribution in [3.8, 4) is 21.6 Å². The quantitative estimate of drug-likeness (QED) is 0.392. The molecule has 0 aliphatic rings. The number of ketones is 1. The fourth-order valence-electron chi connectivity index (χ4n) is 2.74. The van der Waals surface area contributed by atoms with Crippen molar-refractivity contribution in [3.63, 3.8) is 0 Å². The third-order valence-corrected chi connectivity index (χ3v) is 5.69. The molecule has 116 valence electrons. The van der Waals surface area contributed by atoms with Crippen molar-refractivity contribution < 1.29 is 4.79 Å². The molecule has 0 saturated carbocycles. The second-order valence-corrected chi connectivity index (χ2v) is 7.31. The third-order valence-electron chi connectivity index (χ3n) is 3.90. The molecule has 0 bridgehead atoms. The number of hydrogen-bond acceptors (Lipinski definition) is 3. The van der Waals surface area contributed by atoms with Gasteiger partial charge in [0.2, 0.25) is 5.78 Å². The first-order valence-corrected chi connectivity index (χ1v) is 9.40. The SMILES string of the molecule is O=C(c1cccs1)c1cc(-c2cccs2)ccc1-c1ccccc1. The van der Waals surface area contributed by atoms with Crippen molar-refractivity contribution in [1.29, 1.82) is 0 Å². The molecule has 2 aromatic carbocycles. The molecule has 0 saturated heterocycles. The average Bonchev–Trinajstić information content (AvgIpc) is 3.35. The first-order chi connectivity index (χ1) is 11.8. The Kier molecular flexibility index (Phi) is 4.11. The predicted octanol–water partition coefficient (Wildman–Crippen LogP) is 6.37. The van der Waals surface area contributed by atoms with Crippen LogP contribution in [0.5, 0.6) is 0 Å². The van der Waals surface area contributed by atoms with Gasteiger partial charge in [0.25, 0.3) is 0 Å². The molecule has 0 spiro atoms. The number of carbonyl (C=O) groups is 1. The molecule has 0 radical (unpaired) electrons. The van der Waals surface area contributed by atoms with E-state index in [1.165, 1.54) is 16.2 Å². The lowest BCUT2D eigenvalue weighted by Gasteiger charge is -2.10. The summed E-state index contributed by atoms with van der Waals surface area (Å²) in [5.41, 5.74) is 3.89. The smallest absolute Gasteiger partial charge is 0.203 e. The van der Waals surface area contributed by atoms with Crippen molar-refractivity contribution in [3.05, 3.63) is 94.0 Å². The van der Waals surface area contributed by atoms with Gasteiger partial charge in [0, 0.05) is 10.4 Å². The van der Waals surface area contributed by atoms with E-state index in [4.69, 9.17) is 0 Å². The van der Waals surface area contributed by atoms with Crippen molar-refractivity contribution in [2.75, 3.05) is 0 Å². The summed E-state index contributed by atoms with van der Waals surface area (Å²) in [4.78, 5) is 15.0.